The summed E-state index contributed by atoms with van der Waals surface area (Å²) in [6.07, 6.45) is 5.36. The second kappa shape index (κ2) is 11.0. The Morgan fingerprint density at radius 3 is 2.54 bits per heavy atom. The molecular formula is C19H27N3O2. The average molecular weight is 329 g/mol. The molecular weight excluding hydrogens is 302 g/mol. The zero-order chi connectivity index (χ0) is 17.8. The first-order chi connectivity index (χ1) is 11.6. The topological polar surface area (TPSA) is 61.4 Å². The van der Waals surface area contributed by atoms with Crippen molar-refractivity contribution >= 4 is 17.5 Å². The largest absolute Gasteiger partial charge is 0.376 e. The molecule has 0 heterocycles. The summed E-state index contributed by atoms with van der Waals surface area (Å²) in [6, 6.07) is 7.14. The van der Waals surface area contributed by atoms with Crippen LogP contribution in [0.4, 0.5) is 5.69 Å². The van der Waals surface area contributed by atoms with E-state index >= 15 is 0 Å². The minimum absolute atomic E-state index is 0.0485. The molecule has 0 bridgehead atoms. The van der Waals surface area contributed by atoms with Crippen LogP contribution in [0.2, 0.25) is 0 Å². The highest BCUT2D eigenvalue weighted by molar-refractivity contribution is 5.95. The molecule has 5 heteroatoms. The van der Waals surface area contributed by atoms with Gasteiger partial charge in [0.05, 0.1) is 6.54 Å². The summed E-state index contributed by atoms with van der Waals surface area (Å²) >= 11 is 0. The maximum atomic E-state index is 12.2. The van der Waals surface area contributed by atoms with E-state index in [2.05, 4.69) is 30.7 Å². The van der Waals surface area contributed by atoms with Gasteiger partial charge in [-0.1, -0.05) is 31.6 Å². The molecule has 0 aliphatic carbocycles. The fourth-order valence-electron chi connectivity index (χ4n) is 2.13. The SMILES string of the molecule is C=CCN(CC=C)C(=O)CNc1cccc(C(=O)NCCCC)c1. The Morgan fingerprint density at radius 2 is 1.92 bits per heavy atom. The number of benzene rings is 1. The van der Waals surface area contributed by atoms with E-state index in [1.165, 1.54) is 0 Å². The van der Waals surface area contributed by atoms with Crippen LogP contribution >= 0.6 is 0 Å². The van der Waals surface area contributed by atoms with E-state index in [4.69, 9.17) is 0 Å². The lowest BCUT2D eigenvalue weighted by molar-refractivity contribution is -0.128. The van der Waals surface area contributed by atoms with Crippen LogP contribution in [0, 0.1) is 0 Å². The number of rotatable bonds is 11. The molecule has 1 rings (SSSR count). The van der Waals surface area contributed by atoms with Crippen LogP contribution in [0.3, 0.4) is 0 Å². The van der Waals surface area contributed by atoms with E-state index in [9.17, 15) is 9.59 Å². The Balaban J connectivity index is 2.60. The highest BCUT2D eigenvalue weighted by Gasteiger charge is 2.11. The Labute approximate surface area is 144 Å². The predicted molar refractivity (Wildman–Crippen MR) is 99.1 cm³/mol. The van der Waals surface area contributed by atoms with Gasteiger partial charge < -0.3 is 15.5 Å². The summed E-state index contributed by atoms with van der Waals surface area (Å²) in [5.41, 5.74) is 1.32. The Hall–Kier alpha value is -2.56. The molecule has 2 amide bonds. The van der Waals surface area contributed by atoms with E-state index in [1.807, 2.05) is 6.07 Å². The molecule has 0 atom stereocenters. The molecule has 0 aliphatic heterocycles. The van der Waals surface area contributed by atoms with Crippen molar-refractivity contribution in [1.82, 2.24) is 10.2 Å². The molecule has 0 unspecified atom stereocenters. The molecule has 130 valence electrons. The fraction of sp³-hybridized carbons (Fsp3) is 0.368. The van der Waals surface area contributed by atoms with Gasteiger partial charge in [-0.3, -0.25) is 9.59 Å². The van der Waals surface area contributed by atoms with Gasteiger partial charge in [-0.15, -0.1) is 13.2 Å². The number of hydrogen-bond acceptors (Lipinski definition) is 3. The van der Waals surface area contributed by atoms with E-state index in [0.29, 0.717) is 25.2 Å². The Bertz CT molecular complexity index is 559. The first kappa shape index (κ1) is 19.5. The number of anilines is 1. The highest BCUT2D eigenvalue weighted by atomic mass is 16.2. The Morgan fingerprint density at radius 1 is 1.21 bits per heavy atom. The van der Waals surface area contributed by atoms with Gasteiger partial charge in [0.25, 0.3) is 5.91 Å². The van der Waals surface area contributed by atoms with Crippen LogP contribution in [0.1, 0.15) is 30.1 Å². The quantitative estimate of drug-likeness (QED) is 0.485. The standard InChI is InChI=1S/C19H27N3O2/c1-4-7-11-20-19(24)16-9-8-10-17(14-16)21-15-18(23)22(12-5-2)13-6-3/h5-6,8-10,14,21H,2-4,7,11-13,15H2,1H3,(H,20,24). The smallest absolute Gasteiger partial charge is 0.251 e. The van der Waals surface area contributed by atoms with Crippen molar-refractivity contribution in [3.8, 4) is 0 Å². The van der Waals surface area contributed by atoms with Gasteiger partial charge in [0, 0.05) is 30.9 Å². The second-order valence-electron chi connectivity index (χ2n) is 5.42. The number of nitrogens with zero attached hydrogens (tertiary/aromatic N) is 1. The van der Waals surface area contributed by atoms with E-state index < -0.39 is 0 Å². The number of carbonyl (C=O) groups is 2. The van der Waals surface area contributed by atoms with Crippen LogP contribution in [0.25, 0.3) is 0 Å². The molecule has 0 aliphatic rings. The van der Waals surface area contributed by atoms with Crippen molar-refractivity contribution in [2.75, 3.05) is 31.5 Å². The van der Waals surface area contributed by atoms with E-state index in [-0.39, 0.29) is 18.4 Å². The number of amides is 2. The summed E-state index contributed by atoms with van der Waals surface area (Å²) < 4.78 is 0. The molecule has 0 aromatic heterocycles. The van der Waals surface area contributed by atoms with Crippen LogP contribution in [0.5, 0.6) is 0 Å². The zero-order valence-corrected chi connectivity index (χ0v) is 14.4. The molecule has 1 aromatic carbocycles. The molecule has 0 fully saturated rings. The van der Waals surface area contributed by atoms with Crippen molar-refractivity contribution in [1.29, 1.82) is 0 Å². The van der Waals surface area contributed by atoms with Gasteiger partial charge in [-0.05, 0) is 24.6 Å². The number of hydrogen-bond donors (Lipinski definition) is 2. The van der Waals surface area contributed by atoms with Gasteiger partial charge >= 0.3 is 0 Å². The van der Waals surface area contributed by atoms with Crippen molar-refractivity contribution in [2.45, 2.75) is 19.8 Å². The minimum Gasteiger partial charge on any atom is -0.376 e. The number of carbonyl (C=O) groups excluding carboxylic acids is 2. The number of nitrogens with one attached hydrogen (secondary N) is 2. The van der Waals surface area contributed by atoms with Gasteiger partial charge in [-0.2, -0.15) is 0 Å². The summed E-state index contributed by atoms with van der Waals surface area (Å²) in [5, 5.41) is 5.94. The zero-order valence-electron chi connectivity index (χ0n) is 14.4. The normalized spacial score (nSPS) is 9.88. The molecule has 0 radical (unpaired) electrons. The van der Waals surface area contributed by atoms with Gasteiger partial charge in [-0.25, -0.2) is 0 Å². The molecule has 1 aromatic rings. The first-order valence-corrected chi connectivity index (χ1v) is 8.24. The number of unbranched alkanes of at least 4 members (excludes halogenated alkanes) is 1. The van der Waals surface area contributed by atoms with Crippen LogP contribution in [-0.4, -0.2) is 42.9 Å². The van der Waals surface area contributed by atoms with Crippen LogP contribution in [0.15, 0.2) is 49.6 Å². The maximum absolute atomic E-state index is 12.2. The molecule has 2 N–H and O–H groups in total. The third kappa shape index (κ3) is 6.69. The van der Waals surface area contributed by atoms with Crippen molar-refractivity contribution < 1.29 is 9.59 Å². The lowest BCUT2D eigenvalue weighted by Gasteiger charge is -2.19. The van der Waals surface area contributed by atoms with Crippen LogP contribution in [-0.2, 0) is 4.79 Å². The molecule has 5 nitrogen and oxygen atoms in total. The maximum Gasteiger partial charge on any atom is 0.251 e. The van der Waals surface area contributed by atoms with Crippen molar-refractivity contribution in [3.05, 3.63) is 55.1 Å². The van der Waals surface area contributed by atoms with Crippen molar-refractivity contribution in [2.24, 2.45) is 0 Å². The second-order valence-corrected chi connectivity index (χ2v) is 5.42. The minimum atomic E-state index is -0.0987. The molecule has 0 saturated heterocycles. The lowest BCUT2D eigenvalue weighted by Crippen LogP contribution is -2.35. The first-order valence-electron chi connectivity index (χ1n) is 8.24. The molecule has 24 heavy (non-hydrogen) atoms. The third-order valence-electron chi connectivity index (χ3n) is 3.44. The fourth-order valence-corrected chi connectivity index (χ4v) is 2.13. The summed E-state index contributed by atoms with van der Waals surface area (Å²) in [7, 11) is 0. The highest BCUT2D eigenvalue weighted by Crippen LogP contribution is 2.10. The monoisotopic (exact) mass is 329 g/mol. The van der Waals surface area contributed by atoms with Gasteiger partial charge in [0.2, 0.25) is 5.91 Å². The third-order valence-corrected chi connectivity index (χ3v) is 3.44. The molecule has 0 saturated carbocycles. The summed E-state index contributed by atoms with van der Waals surface area (Å²) in [4.78, 5) is 25.9. The summed E-state index contributed by atoms with van der Waals surface area (Å²) in [5.74, 6) is -0.147. The Kier molecular flexibility index (Phi) is 8.97. The predicted octanol–water partition coefficient (Wildman–Crippen LogP) is 2.83. The van der Waals surface area contributed by atoms with Crippen molar-refractivity contribution in [3.63, 3.8) is 0 Å². The molecule has 0 spiro atoms. The van der Waals surface area contributed by atoms with Gasteiger partial charge in [0.15, 0.2) is 0 Å². The van der Waals surface area contributed by atoms with E-state index in [0.717, 1.165) is 18.5 Å². The summed E-state index contributed by atoms with van der Waals surface area (Å²) in [6.45, 7) is 11.2. The average Bonchev–Trinajstić information content (AvgIpc) is 2.60. The van der Waals surface area contributed by atoms with Crippen LogP contribution < -0.4 is 10.6 Å². The van der Waals surface area contributed by atoms with Gasteiger partial charge in [0.1, 0.15) is 0 Å². The van der Waals surface area contributed by atoms with E-state index in [1.54, 1.807) is 35.3 Å². The lowest BCUT2D eigenvalue weighted by atomic mass is 10.2.